The molecule has 0 unspecified atom stereocenters. The Morgan fingerprint density at radius 1 is 1.47 bits per heavy atom. The Kier molecular flexibility index (Phi) is 7.99. The van der Waals surface area contributed by atoms with E-state index < -0.39 is 23.7 Å². The van der Waals surface area contributed by atoms with Crippen molar-refractivity contribution in [3.05, 3.63) is 5.53 Å². The van der Waals surface area contributed by atoms with Crippen LogP contribution >= 0.6 is 0 Å². The van der Waals surface area contributed by atoms with Crippen LogP contribution in [0.25, 0.3) is 5.53 Å². The van der Waals surface area contributed by atoms with Gasteiger partial charge in [0.05, 0.1) is 12.5 Å². The van der Waals surface area contributed by atoms with Crippen molar-refractivity contribution in [3.8, 4) is 0 Å². The molecule has 8 heteroatoms. The number of carboxylic acid groups (broad SMARTS) is 1. The van der Waals surface area contributed by atoms with E-state index in [4.69, 9.17) is 15.4 Å². The molecule has 0 aliphatic rings. The maximum atomic E-state index is 11.5. The van der Waals surface area contributed by atoms with E-state index in [1.807, 2.05) is 0 Å². The van der Waals surface area contributed by atoms with E-state index in [1.54, 1.807) is 6.92 Å². The molecule has 0 saturated heterocycles. The zero-order valence-corrected chi connectivity index (χ0v) is 10.8. The van der Waals surface area contributed by atoms with Crippen LogP contribution in [0.4, 0.5) is 0 Å². The highest BCUT2D eigenvalue weighted by Gasteiger charge is 2.22. The molecule has 2 atom stereocenters. The quantitative estimate of drug-likeness (QED) is 0.336. The highest BCUT2D eigenvalue weighted by atomic mass is 16.5. The van der Waals surface area contributed by atoms with E-state index >= 15 is 0 Å². The number of carbonyl (C=O) groups excluding carboxylic acids is 2. The fourth-order valence-corrected chi connectivity index (χ4v) is 1.27. The first kappa shape index (κ1) is 16.9. The first-order valence-electron chi connectivity index (χ1n) is 5.66. The molecule has 2 N–H and O–H groups in total. The van der Waals surface area contributed by atoms with Gasteiger partial charge in [-0.05, 0) is 13.3 Å². The summed E-state index contributed by atoms with van der Waals surface area (Å²) in [5.74, 6) is -2.22. The molecule has 0 heterocycles. The number of amides is 1. The topological polar surface area (TPSA) is 129 Å². The molecule has 0 fully saturated rings. The van der Waals surface area contributed by atoms with Crippen molar-refractivity contribution in [2.45, 2.75) is 38.3 Å². The van der Waals surface area contributed by atoms with Gasteiger partial charge in [0.2, 0.25) is 11.7 Å². The average molecular weight is 271 g/mol. The van der Waals surface area contributed by atoms with Gasteiger partial charge >= 0.3 is 12.2 Å². The van der Waals surface area contributed by atoms with E-state index in [-0.39, 0.29) is 25.4 Å². The number of ketones is 1. The molecule has 0 rings (SSSR count). The van der Waals surface area contributed by atoms with Crippen molar-refractivity contribution >= 4 is 23.9 Å². The Bertz CT molecular complexity index is 390. The number of methoxy groups -OCH3 is 1. The number of rotatable bonds is 9. The summed E-state index contributed by atoms with van der Waals surface area (Å²) in [5.41, 5.74) is 8.13. The Morgan fingerprint density at radius 2 is 2.11 bits per heavy atom. The number of Topliss-reactive ketones (excluding diaryl/α,β-unsaturated/α-hetero) is 1. The Labute approximate surface area is 110 Å². The summed E-state index contributed by atoms with van der Waals surface area (Å²) < 4.78 is 4.89. The Balaban J connectivity index is 4.34. The van der Waals surface area contributed by atoms with E-state index in [2.05, 4.69) is 10.1 Å². The second-order valence-corrected chi connectivity index (χ2v) is 3.96. The van der Waals surface area contributed by atoms with Crippen molar-refractivity contribution in [2.75, 3.05) is 7.11 Å². The predicted molar refractivity (Wildman–Crippen MR) is 64.6 cm³/mol. The van der Waals surface area contributed by atoms with Crippen LogP contribution in [0.15, 0.2) is 0 Å². The number of hydrogen-bond donors (Lipinski definition) is 2. The summed E-state index contributed by atoms with van der Waals surface area (Å²) in [7, 11) is 1.44. The number of nitrogens with zero attached hydrogens (tertiary/aromatic N) is 2. The lowest BCUT2D eigenvalue weighted by Gasteiger charge is -2.15. The van der Waals surface area contributed by atoms with Gasteiger partial charge in [-0.1, -0.05) is 0 Å². The number of ether oxygens (including phenoxy) is 1. The van der Waals surface area contributed by atoms with Crippen LogP contribution in [0.1, 0.15) is 26.2 Å². The molecule has 0 spiro atoms. The molecule has 1 amide bonds. The van der Waals surface area contributed by atoms with Gasteiger partial charge < -0.3 is 20.7 Å². The van der Waals surface area contributed by atoms with Crippen LogP contribution in [0.2, 0.25) is 0 Å². The van der Waals surface area contributed by atoms with Gasteiger partial charge in [0.25, 0.3) is 0 Å². The highest BCUT2D eigenvalue weighted by Crippen LogP contribution is 2.01. The zero-order valence-electron chi connectivity index (χ0n) is 10.8. The average Bonchev–Trinajstić information content (AvgIpc) is 2.34. The smallest absolute Gasteiger partial charge is 0.326 e. The van der Waals surface area contributed by atoms with E-state index in [1.165, 1.54) is 7.11 Å². The lowest BCUT2D eigenvalue weighted by Crippen LogP contribution is -2.42. The number of nitrogens with one attached hydrogen (secondary N) is 1. The van der Waals surface area contributed by atoms with Gasteiger partial charge in [-0.25, -0.2) is 4.79 Å². The molecule has 0 aliphatic carbocycles. The summed E-state index contributed by atoms with van der Waals surface area (Å²) in [6.45, 7) is 1.68. The van der Waals surface area contributed by atoms with Crippen molar-refractivity contribution in [2.24, 2.45) is 0 Å². The van der Waals surface area contributed by atoms with E-state index in [9.17, 15) is 14.4 Å². The second-order valence-electron chi connectivity index (χ2n) is 3.96. The molecule has 0 bridgehead atoms. The lowest BCUT2D eigenvalue weighted by molar-refractivity contribution is -0.142. The summed E-state index contributed by atoms with van der Waals surface area (Å²) in [6.07, 6.45) is 0.187. The molecule has 8 nitrogen and oxygen atoms in total. The number of aliphatic carboxylic acids is 1. The summed E-state index contributed by atoms with van der Waals surface area (Å²) in [5, 5.41) is 11.2. The van der Waals surface area contributed by atoms with Crippen molar-refractivity contribution in [1.29, 1.82) is 0 Å². The SMILES string of the molecule is CO[C@H](C)CC(=O)N[C@@H](CCC(=O)C=[N+]=[N-])C(=O)O. The summed E-state index contributed by atoms with van der Waals surface area (Å²) in [6, 6.07) is -1.16. The van der Waals surface area contributed by atoms with Crippen LogP contribution in [0.3, 0.4) is 0 Å². The highest BCUT2D eigenvalue weighted by molar-refractivity contribution is 6.25. The molecule has 106 valence electrons. The van der Waals surface area contributed by atoms with Crippen LogP contribution in [-0.2, 0) is 19.1 Å². The lowest BCUT2D eigenvalue weighted by atomic mass is 10.1. The molecule has 0 aliphatic heterocycles. The van der Waals surface area contributed by atoms with Crippen LogP contribution in [0, 0.1) is 0 Å². The third-order valence-electron chi connectivity index (χ3n) is 2.39. The minimum absolute atomic E-state index is 0.0341. The number of hydrogen-bond acceptors (Lipinski definition) is 4. The normalized spacial score (nSPS) is 12.9. The maximum Gasteiger partial charge on any atom is 0.326 e. The molecular weight excluding hydrogens is 254 g/mol. The van der Waals surface area contributed by atoms with Gasteiger partial charge in [0.1, 0.15) is 6.04 Å². The van der Waals surface area contributed by atoms with E-state index in [0.717, 1.165) is 0 Å². The molecule has 19 heavy (non-hydrogen) atoms. The van der Waals surface area contributed by atoms with Crippen molar-refractivity contribution < 1.29 is 29.0 Å². The minimum atomic E-state index is -1.23. The predicted octanol–water partition coefficient (Wildman–Crippen LogP) is -0.369. The molecular formula is C11H17N3O5. The molecule has 0 saturated carbocycles. The van der Waals surface area contributed by atoms with Crippen molar-refractivity contribution in [3.63, 3.8) is 0 Å². The van der Waals surface area contributed by atoms with E-state index in [0.29, 0.717) is 6.21 Å². The zero-order chi connectivity index (χ0) is 14.8. The minimum Gasteiger partial charge on any atom is -0.480 e. The van der Waals surface area contributed by atoms with Gasteiger partial charge in [-0.15, -0.1) is 0 Å². The molecule has 0 aromatic rings. The van der Waals surface area contributed by atoms with Gasteiger partial charge in [0, 0.05) is 13.5 Å². The fourth-order valence-electron chi connectivity index (χ4n) is 1.27. The monoisotopic (exact) mass is 271 g/mol. The van der Waals surface area contributed by atoms with Crippen LogP contribution < -0.4 is 5.32 Å². The van der Waals surface area contributed by atoms with Gasteiger partial charge in [-0.2, -0.15) is 4.79 Å². The maximum absolute atomic E-state index is 11.5. The van der Waals surface area contributed by atoms with Crippen LogP contribution in [0.5, 0.6) is 0 Å². The standard InChI is InChI=1S/C11H17N3O5/c1-7(19-2)5-10(16)14-9(11(17)18)4-3-8(15)6-13-12/h6-7,9H,3-5H2,1-2H3,(H,14,16)(H,17,18)/t7-,9+/m1/s1. The Morgan fingerprint density at radius 3 is 2.58 bits per heavy atom. The fraction of sp³-hybridized carbons (Fsp3) is 0.636. The first-order chi connectivity index (χ1) is 8.90. The van der Waals surface area contributed by atoms with Gasteiger partial charge in [0.15, 0.2) is 0 Å². The number of carbonyl (C=O) groups is 3. The third-order valence-corrected chi connectivity index (χ3v) is 2.39. The summed E-state index contributed by atoms with van der Waals surface area (Å²) in [4.78, 5) is 36.0. The van der Waals surface area contributed by atoms with Crippen molar-refractivity contribution in [1.82, 2.24) is 5.32 Å². The molecule has 0 aromatic heterocycles. The first-order valence-corrected chi connectivity index (χ1v) is 5.66. The summed E-state index contributed by atoms with van der Waals surface area (Å²) >= 11 is 0. The van der Waals surface area contributed by atoms with Crippen LogP contribution in [-0.4, -0.2) is 53.0 Å². The largest absolute Gasteiger partial charge is 0.480 e. The second kappa shape index (κ2) is 8.96. The number of carboxylic acids is 1. The third kappa shape index (κ3) is 7.80. The molecule has 0 radical (unpaired) electrons. The van der Waals surface area contributed by atoms with Gasteiger partial charge in [-0.3, -0.25) is 9.59 Å². The molecule has 0 aromatic carbocycles. The Hall–Kier alpha value is -2.05.